The van der Waals surface area contributed by atoms with Crippen LogP contribution in [0.5, 0.6) is 11.5 Å². The Bertz CT molecular complexity index is 1510. The van der Waals surface area contributed by atoms with Crippen LogP contribution in [0.1, 0.15) is 43.6 Å². The lowest BCUT2D eigenvalue weighted by molar-refractivity contribution is -0.122. The second-order valence-corrected chi connectivity index (χ2v) is 11.5. The second kappa shape index (κ2) is 10.7. The van der Waals surface area contributed by atoms with Gasteiger partial charge in [-0.2, -0.15) is 0 Å². The first-order chi connectivity index (χ1) is 19.8. The Kier molecular flexibility index (Phi) is 7.10. The van der Waals surface area contributed by atoms with E-state index in [4.69, 9.17) is 9.47 Å². The number of aryl methyl sites for hydroxylation is 1. The van der Waals surface area contributed by atoms with Gasteiger partial charge >= 0.3 is 0 Å². The smallest absolute Gasteiger partial charge is 0.265 e. The molecule has 41 heavy (non-hydrogen) atoms. The van der Waals surface area contributed by atoms with Gasteiger partial charge in [0, 0.05) is 43.1 Å². The van der Waals surface area contributed by atoms with Crippen molar-refractivity contribution in [3.63, 3.8) is 0 Å². The molecular formula is C29H28F2N4O5S. The summed E-state index contributed by atoms with van der Waals surface area (Å²) in [6, 6.07) is 8.83. The zero-order valence-electron chi connectivity index (χ0n) is 22.3. The number of benzene rings is 2. The number of hydrogen-bond donors (Lipinski definition) is 1. The number of para-hydroxylation sites is 1. The first kappa shape index (κ1) is 27.1. The summed E-state index contributed by atoms with van der Waals surface area (Å²) in [6.45, 7) is 2.78. The molecule has 1 spiro atoms. The van der Waals surface area contributed by atoms with Crippen LogP contribution < -0.4 is 14.8 Å². The third-order valence-electron chi connectivity index (χ3n) is 8.03. The number of likely N-dealkylation sites (tertiary alicyclic amines) is 1. The molecule has 2 atom stereocenters. The van der Waals surface area contributed by atoms with Crippen molar-refractivity contribution in [2.24, 2.45) is 5.41 Å². The lowest BCUT2D eigenvalue weighted by atomic mass is 9.73. The number of nitrogens with one attached hydrogen (secondary N) is 1. The number of ether oxygens (including phenoxy) is 2. The van der Waals surface area contributed by atoms with Crippen LogP contribution in [0, 0.1) is 24.0 Å². The fraction of sp³-hybridized carbons (Fsp3) is 0.379. The predicted molar refractivity (Wildman–Crippen MR) is 145 cm³/mol. The maximum atomic E-state index is 14.4. The van der Waals surface area contributed by atoms with Crippen molar-refractivity contribution >= 4 is 29.1 Å². The Morgan fingerprint density at radius 3 is 2.63 bits per heavy atom. The van der Waals surface area contributed by atoms with E-state index in [1.165, 1.54) is 17.4 Å². The van der Waals surface area contributed by atoms with Gasteiger partial charge in [-0.1, -0.05) is 18.2 Å². The molecular weight excluding hydrogens is 554 g/mol. The number of rotatable bonds is 2. The summed E-state index contributed by atoms with van der Waals surface area (Å²) in [7, 11) is 0. The molecule has 0 aliphatic carbocycles. The minimum absolute atomic E-state index is 0.0418. The van der Waals surface area contributed by atoms with E-state index in [2.05, 4.69) is 10.3 Å². The van der Waals surface area contributed by atoms with Crippen LogP contribution in [0.4, 0.5) is 8.78 Å². The molecule has 2 aromatic carbocycles. The van der Waals surface area contributed by atoms with Crippen molar-refractivity contribution in [2.75, 3.05) is 45.9 Å². The molecule has 1 aromatic heterocycles. The maximum Gasteiger partial charge on any atom is 0.265 e. The van der Waals surface area contributed by atoms with Gasteiger partial charge in [0.15, 0.2) is 11.5 Å². The maximum absolute atomic E-state index is 14.4. The van der Waals surface area contributed by atoms with Gasteiger partial charge in [-0.25, -0.2) is 13.8 Å². The molecule has 0 radical (unpaired) electrons. The molecule has 9 nitrogen and oxygen atoms in total. The van der Waals surface area contributed by atoms with Gasteiger partial charge in [0.05, 0.1) is 31.0 Å². The van der Waals surface area contributed by atoms with E-state index in [9.17, 15) is 23.2 Å². The molecule has 3 aromatic rings. The van der Waals surface area contributed by atoms with Crippen molar-refractivity contribution < 1.29 is 32.6 Å². The van der Waals surface area contributed by atoms with Gasteiger partial charge in [0.25, 0.3) is 11.8 Å². The van der Waals surface area contributed by atoms with Gasteiger partial charge in [0.2, 0.25) is 5.91 Å². The third kappa shape index (κ3) is 4.90. The summed E-state index contributed by atoms with van der Waals surface area (Å²) in [6.07, 6.45) is 0.308. The number of nitrogens with zero attached hydrogens (tertiary/aromatic N) is 3. The normalized spacial score (nSPS) is 22.3. The van der Waals surface area contributed by atoms with Gasteiger partial charge in [0.1, 0.15) is 22.1 Å². The quantitative estimate of drug-likeness (QED) is 0.497. The number of amides is 3. The summed E-state index contributed by atoms with van der Waals surface area (Å²) in [5, 5.41) is 2.93. The molecule has 0 saturated carbocycles. The first-order valence-corrected chi connectivity index (χ1v) is 14.2. The van der Waals surface area contributed by atoms with E-state index >= 15 is 0 Å². The molecule has 1 saturated heterocycles. The number of halogens is 2. The van der Waals surface area contributed by atoms with Crippen LogP contribution in [0.15, 0.2) is 41.9 Å². The van der Waals surface area contributed by atoms with Gasteiger partial charge in [-0.05, 0) is 31.5 Å². The molecule has 1 fully saturated rings. The third-order valence-corrected chi connectivity index (χ3v) is 8.95. The highest BCUT2D eigenvalue weighted by molar-refractivity contribution is 7.11. The highest BCUT2D eigenvalue weighted by Gasteiger charge is 2.53. The fourth-order valence-corrected chi connectivity index (χ4v) is 6.69. The van der Waals surface area contributed by atoms with E-state index in [-0.39, 0.29) is 38.1 Å². The zero-order valence-corrected chi connectivity index (χ0v) is 23.1. The van der Waals surface area contributed by atoms with E-state index < -0.39 is 41.0 Å². The summed E-state index contributed by atoms with van der Waals surface area (Å²) in [5.41, 5.74) is 1.87. The van der Waals surface area contributed by atoms with Crippen LogP contribution in [0.25, 0.3) is 0 Å². The molecule has 4 bridgehead atoms. The van der Waals surface area contributed by atoms with Crippen molar-refractivity contribution in [2.45, 2.75) is 19.3 Å². The standard InChI is InChI=1S/C29H28F2N4O5S/c1-17-26(41-16-33-17)28(38)35-11-19-18-5-2-8-22-25(18)40-15-29(19,14-35)13-32-23(36)12-34(9-4-10-39-22)27(37)24-20(30)6-3-7-21(24)31/h2-3,5-8,16,19H,4,9-15H2,1H3,(H,32,36)/t19-,29+/m0/s1. The number of hydrogen-bond acceptors (Lipinski definition) is 7. The number of fused-ring (bicyclic) bond motifs is 9. The zero-order chi connectivity index (χ0) is 28.7. The van der Waals surface area contributed by atoms with Crippen molar-refractivity contribution in [3.05, 3.63) is 75.2 Å². The van der Waals surface area contributed by atoms with Crippen LogP contribution >= 0.6 is 11.3 Å². The molecule has 0 unspecified atom stereocenters. The highest BCUT2D eigenvalue weighted by atomic mass is 32.1. The van der Waals surface area contributed by atoms with Crippen LogP contribution in [-0.4, -0.2) is 78.4 Å². The van der Waals surface area contributed by atoms with E-state index in [0.717, 1.165) is 22.6 Å². The summed E-state index contributed by atoms with van der Waals surface area (Å²) < 4.78 is 41.2. The van der Waals surface area contributed by atoms with Crippen LogP contribution in [-0.2, 0) is 4.79 Å². The average Bonchev–Trinajstić information content (AvgIpc) is 3.57. The second-order valence-electron chi connectivity index (χ2n) is 10.6. The fourth-order valence-electron chi connectivity index (χ4n) is 5.92. The van der Waals surface area contributed by atoms with Crippen LogP contribution in [0.3, 0.4) is 0 Å². The molecule has 12 heteroatoms. The Labute approximate surface area is 239 Å². The van der Waals surface area contributed by atoms with Gasteiger partial charge in [-0.3, -0.25) is 14.4 Å². The highest BCUT2D eigenvalue weighted by Crippen LogP contribution is 2.52. The van der Waals surface area contributed by atoms with Gasteiger partial charge < -0.3 is 24.6 Å². The van der Waals surface area contributed by atoms with Crippen molar-refractivity contribution in [1.82, 2.24) is 20.1 Å². The predicted octanol–water partition coefficient (Wildman–Crippen LogP) is 3.39. The number of carbonyl (C=O) groups excluding carboxylic acids is 3. The Balaban J connectivity index is 1.31. The van der Waals surface area contributed by atoms with Crippen molar-refractivity contribution in [1.29, 1.82) is 0 Å². The van der Waals surface area contributed by atoms with E-state index in [1.807, 2.05) is 12.1 Å². The molecule has 7 rings (SSSR count). The minimum Gasteiger partial charge on any atom is -0.490 e. The Hall–Kier alpha value is -4.06. The Morgan fingerprint density at radius 2 is 1.88 bits per heavy atom. The molecule has 4 aliphatic heterocycles. The summed E-state index contributed by atoms with van der Waals surface area (Å²) in [5.74, 6) is -2.52. The lowest BCUT2D eigenvalue weighted by Crippen LogP contribution is -2.50. The summed E-state index contributed by atoms with van der Waals surface area (Å²) >= 11 is 1.29. The number of thiazole rings is 1. The van der Waals surface area contributed by atoms with E-state index in [0.29, 0.717) is 41.6 Å². The van der Waals surface area contributed by atoms with Crippen molar-refractivity contribution in [3.8, 4) is 11.5 Å². The van der Waals surface area contributed by atoms with Crippen LogP contribution in [0.2, 0.25) is 0 Å². The first-order valence-electron chi connectivity index (χ1n) is 13.4. The summed E-state index contributed by atoms with van der Waals surface area (Å²) in [4.78, 5) is 47.6. The molecule has 4 aliphatic rings. The van der Waals surface area contributed by atoms with Gasteiger partial charge in [-0.15, -0.1) is 11.3 Å². The number of carbonyl (C=O) groups is 3. The molecule has 5 heterocycles. The monoisotopic (exact) mass is 582 g/mol. The topological polar surface area (TPSA) is 101 Å². The SMILES string of the molecule is Cc1ncsc1C(=O)N1C[C@H]2c3cccc4c3OC[C@@]2(CNC(=O)CN(C(=O)c2c(F)cccc2F)CCCO4)C1. The lowest BCUT2D eigenvalue weighted by Gasteiger charge is -2.40. The Morgan fingerprint density at radius 1 is 1.10 bits per heavy atom. The molecule has 3 amide bonds. The number of aromatic nitrogens is 1. The minimum atomic E-state index is -0.993. The molecule has 214 valence electrons. The largest absolute Gasteiger partial charge is 0.490 e. The van der Waals surface area contributed by atoms with E-state index in [1.54, 1.807) is 23.4 Å². The molecule has 1 N–H and O–H groups in total. The average molecular weight is 583 g/mol.